The standard InChI is InChI=1S/C14H12BrNOS2/c1-19-12-7-3-6-11(13(12)14(16)18)17-10-5-2-4-9(15)8-10/h2-8H,1H3,(H2,16,18). The van der Waals surface area contributed by atoms with Gasteiger partial charge in [0.05, 0.1) is 5.56 Å². The summed E-state index contributed by atoms with van der Waals surface area (Å²) in [4.78, 5) is 1.36. The molecule has 0 radical (unpaired) electrons. The van der Waals surface area contributed by atoms with Gasteiger partial charge in [-0.2, -0.15) is 0 Å². The van der Waals surface area contributed by atoms with Crippen LogP contribution < -0.4 is 10.5 Å². The molecular weight excluding hydrogens is 342 g/mol. The fourth-order valence-electron chi connectivity index (χ4n) is 1.67. The van der Waals surface area contributed by atoms with Gasteiger partial charge in [0.25, 0.3) is 0 Å². The Labute approximate surface area is 130 Å². The Balaban J connectivity index is 2.42. The minimum atomic E-state index is 0.343. The molecule has 0 saturated heterocycles. The van der Waals surface area contributed by atoms with Crippen LogP contribution in [0.2, 0.25) is 0 Å². The topological polar surface area (TPSA) is 35.2 Å². The van der Waals surface area contributed by atoms with E-state index in [0.29, 0.717) is 10.7 Å². The molecule has 0 aromatic heterocycles. The first-order valence-electron chi connectivity index (χ1n) is 5.52. The van der Waals surface area contributed by atoms with Crippen LogP contribution in [0.1, 0.15) is 5.56 Å². The summed E-state index contributed by atoms with van der Waals surface area (Å²) in [5.74, 6) is 1.42. The molecule has 2 N–H and O–H groups in total. The monoisotopic (exact) mass is 353 g/mol. The Morgan fingerprint density at radius 2 is 2.00 bits per heavy atom. The highest BCUT2D eigenvalue weighted by Gasteiger charge is 2.12. The van der Waals surface area contributed by atoms with Gasteiger partial charge in [-0.15, -0.1) is 11.8 Å². The number of hydrogen-bond donors (Lipinski definition) is 1. The quantitative estimate of drug-likeness (QED) is 0.643. The largest absolute Gasteiger partial charge is 0.457 e. The van der Waals surface area contributed by atoms with Crippen molar-refractivity contribution in [3.8, 4) is 11.5 Å². The smallest absolute Gasteiger partial charge is 0.138 e. The maximum Gasteiger partial charge on any atom is 0.138 e. The average molecular weight is 354 g/mol. The second-order valence-corrected chi connectivity index (χ2v) is 5.96. The lowest BCUT2D eigenvalue weighted by atomic mass is 10.2. The molecule has 2 aromatic rings. The molecule has 0 aliphatic carbocycles. The Morgan fingerprint density at radius 3 is 2.63 bits per heavy atom. The fourth-order valence-corrected chi connectivity index (χ4v) is 2.95. The van der Waals surface area contributed by atoms with E-state index in [2.05, 4.69) is 15.9 Å². The summed E-state index contributed by atoms with van der Waals surface area (Å²) < 4.78 is 6.84. The third-order valence-electron chi connectivity index (χ3n) is 2.48. The highest BCUT2D eigenvalue weighted by Crippen LogP contribution is 2.32. The van der Waals surface area contributed by atoms with Gasteiger partial charge in [-0.05, 0) is 36.6 Å². The van der Waals surface area contributed by atoms with E-state index in [0.717, 1.165) is 20.7 Å². The van der Waals surface area contributed by atoms with Gasteiger partial charge in [-0.1, -0.05) is 40.3 Å². The summed E-state index contributed by atoms with van der Waals surface area (Å²) in [6.07, 6.45) is 1.99. The molecule has 2 aromatic carbocycles. The van der Waals surface area contributed by atoms with Gasteiger partial charge in [0.2, 0.25) is 0 Å². The number of halogens is 1. The second-order valence-electron chi connectivity index (χ2n) is 3.76. The van der Waals surface area contributed by atoms with Crippen LogP contribution in [-0.4, -0.2) is 11.2 Å². The van der Waals surface area contributed by atoms with Crippen molar-refractivity contribution in [3.63, 3.8) is 0 Å². The van der Waals surface area contributed by atoms with Gasteiger partial charge in [0.1, 0.15) is 16.5 Å². The Morgan fingerprint density at radius 1 is 1.26 bits per heavy atom. The molecule has 0 atom stereocenters. The molecule has 98 valence electrons. The molecule has 0 spiro atoms. The lowest BCUT2D eigenvalue weighted by molar-refractivity contribution is 0.480. The summed E-state index contributed by atoms with van der Waals surface area (Å²) in [5.41, 5.74) is 6.59. The normalized spacial score (nSPS) is 10.2. The van der Waals surface area contributed by atoms with Crippen molar-refractivity contribution >= 4 is 44.9 Å². The fraction of sp³-hybridized carbons (Fsp3) is 0.0714. The van der Waals surface area contributed by atoms with Crippen LogP contribution in [0.15, 0.2) is 51.8 Å². The van der Waals surface area contributed by atoms with Crippen LogP contribution in [0.25, 0.3) is 0 Å². The number of benzene rings is 2. The molecule has 0 aliphatic heterocycles. The van der Waals surface area contributed by atoms with Crippen molar-refractivity contribution in [2.45, 2.75) is 4.90 Å². The molecule has 0 amide bonds. The zero-order chi connectivity index (χ0) is 13.8. The lowest BCUT2D eigenvalue weighted by Gasteiger charge is -2.13. The van der Waals surface area contributed by atoms with Crippen molar-refractivity contribution in [1.82, 2.24) is 0 Å². The SMILES string of the molecule is CSc1cccc(Oc2cccc(Br)c2)c1C(N)=S. The van der Waals surface area contributed by atoms with Gasteiger partial charge >= 0.3 is 0 Å². The van der Waals surface area contributed by atoms with Crippen LogP contribution in [0.5, 0.6) is 11.5 Å². The number of hydrogen-bond acceptors (Lipinski definition) is 3. The summed E-state index contributed by atoms with van der Waals surface area (Å²) in [6.45, 7) is 0. The van der Waals surface area contributed by atoms with E-state index in [1.54, 1.807) is 11.8 Å². The van der Waals surface area contributed by atoms with E-state index in [1.807, 2.05) is 48.7 Å². The van der Waals surface area contributed by atoms with Gasteiger partial charge in [-0.3, -0.25) is 0 Å². The van der Waals surface area contributed by atoms with E-state index in [1.165, 1.54) is 0 Å². The predicted molar refractivity (Wildman–Crippen MR) is 88.3 cm³/mol. The van der Waals surface area contributed by atoms with E-state index < -0.39 is 0 Å². The highest BCUT2D eigenvalue weighted by atomic mass is 79.9. The van der Waals surface area contributed by atoms with E-state index >= 15 is 0 Å². The van der Waals surface area contributed by atoms with Gasteiger partial charge < -0.3 is 10.5 Å². The second kappa shape index (κ2) is 6.41. The lowest BCUT2D eigenvalue weighted by Crippen LogP contribution is -2.12. The van der Waals surface area contributed by atoms with Crippen molar-refractivity contribution in [2.24, 2.45) is 5.73 Å². The zero-order valence-corrected chi connectivity index (χ0v) is 13.4. The van der Waals surface area contributed by atoms with Crippen LogP contribution in [0.3, 0.4) is 0 Å². The Bertz CT molecular complexity index is 616. The van der Waals surface area contributed by atoms with Crippen LogP contribution >= 0.6 is 39.9 Å². The molecule has 0 bridgehead atoms. The molecule has 0 fully saturated rings. The third kappa shape index (κ3) is 3.49. The number of ether oxygens (including phenoxy) is 1. The molecule has 19 heavy (non-hydrogen) atoms. The number of rotatable bonds is 4. The van der Waals surface area contributed by atoms with Crippen molar-refractivity contribution in [2.75, 3.05) is 6.26 Å². The van der Waals surface area contributed by atoms with E-state index in [4.69, 9.17) is 22.7 Å². The maximum atomic E-state index is 5.88. The minimum Gasteiger partial charge on any atom is -0.457 e. The number of thiocarbonyl (C=S) groups is 1. The van der Waals surface area contributed by atoms with Crippen LogP contribution in [0.4, 0.5) is 0 Å². The first kappa shape index (κ1) is 14.4. The molecule has 5 heteroatoms. The zero-order valence-electron chi connectivity index (χ0n) is 10.2. The molecule has 2 rings (SSSR count). The predicted octanol–water partition coefficient (Wildman–Crippen LogP) is 4.60. The third-order valence-corrected chi connectivity index (χ3v) is 3.96. The van der Waals surface area contributed by atoms with Crippen LogP contribution in [0, 0.1) is 0 Å². The Hall–Kier alpha value is -1.04. The van der Waals surface area contributed by atoms with Gasteiger partial charge in [0.15, 0.2) is 0 Å². The molecule has 2 nitrogen and oxygen atoms in total. The molecular formula is C14H12BrNOS2. The molecule has 0 aliphatic rings. The van der Waals surface area contributed by atoms with Crippen molar-refractivity contribution in [3.05, 3.63) is 52.5 Å². The first-order valence-corrected chi connectivity index (χ1v) is 7.94. The van der Waals surface area contributed by atoms with Crippen molar-refractivity contribution < 1.29 is 4.74 Å². The Kier molecular flexibility index (Phi) is 4.85. The summed E-state index contributed by atoms with van der Waals surface area (Å²) in [5, 5.41) is 0. The van der Waals surface area contributed by atoms with Crippen LogP contribution in [-0.2, 0) is 0 Å². The summed E-state index contributed by atoms with van der Waals surface area (Å²) in [7, 11) is 0. The number of thioether (sulfide) groups is 1. The first-order chi connectivity index (χ1) is 9.11. The molecule has 0 saturated carbocycles. The summed E-state index contributed by atoms with van der Waals surface area (Å²) >= 11 is 10.1. The average Bonchev–Trinajstić information content (AvgIpc) is 2.38. The maximum absolute atomic E-state index is 5.88. The van der Waals surface area contributed by atoms with E-state index in [-0.39, 0.29) is 0 Å². The summed E-state index contributed by atoms with van der Waals surface area (Å²) in [6, 6.07) is 13.4. The van der Waals surface area contributed by atoms with Gasteiger partial charge in [0, 0.05) is 9.37 Å². The van der Waals surface area contributed by atoms with E-state index in [9.17, 15) is 0 Å². The molecule has 0 heterocycles. The number of nitrogens with two attached hydrogens (primary N) is 1. The minimum absolute atomic E-state index is 0.343. The molecule has 0 unspecified atom stereocenters. The highest BCUT2D eigenvalue weighted by molar-refractivity contribution is 9.10. The van der Waals surface area contributed by atoms with Crippen molar-refractivity contribution in [1.29, 1.82) is 0 Å². The van der Waals surface area contributed by atoms with Gasteiger partial charge in [-0.25, -0.2) is 0 Å².